The van der Waals surface area contributed by atoms with Crippen molar-refractivity contribution < 1.29 is 14.3 Å². The summed E-state index contributed by atoms with van der Waals surface area (Å²) in [6.45, 7) is 3.44. The van der Waals surface area contributed by atoms with E-state index in [2.05, 4.69) is 4.90 Å². The zero-order valence-electron chi connectivity index (χ0n) is 11.6. The SMILES string of the molecule is CC(=O)[C@@H]1CN(Cc2ccccc2)[C@H]2C(=O)OCC[C@@H]12. The first-order valence-corrected chi connectivity index (χ1v) is 7.12. The Hall–Kier alpha value is -1.68. The van der Waals surface area contributed by atoms with E-state index < -0.39 is 0 Å². The van der Waals surface area contributed by atoms with Crippen LogP contribution in [0.15, 0.2) is 30.3 Å². The molecule has 0 amide bonds. The van der Waals surface area contributed by atoms with Crippen molar-refractivity contribution in [1.29, 1.82) is 0 Å². The third-order valence-electron chi connectivity index (χ3n) is 4.43. The van der Waals surface area contributed by atoms with Crippen LogP contribution in [0, 0.1) is 11.8 Å². The first-order valence-electron chi connectivity index (χ1n) is 7.12. The fourth-order valence-corrected chi connectivity index (χ4v) is 3.47. The van der Waals surface area contributed by atoms with Crippen molar-refractivity contribution in [3.8, 4) is 0 Å². The summed E-state index contributed by atoms with van der Waals surface area (Å²) in [6, 6.07) is 9.80. The average Bonchev–Trinajstić information content (AvgIpc) is 2.80. The Morgan fingerprint density at radius 2 is 2.10 bits per heavy atom. The van der Waals surface area contributed by atoms with E-state index in [0.717, 1.165) is 12.0 Å². The summed E-state index contributed by atoms with van der Waals surface area (Å²) in [4.78, 5) is 26.0. The van der Waals surface area contributed by atoms with Gasteiger partial charge in [0.25, 0.3) is 0 Å². The lowest BCUT2D eigenvalue weighted by Gasteiger charge is -2.30. The predicted octanol–water partition coefficient (Wildman–Crippen LogP) is 1.64. The van der Waals surface area contributed by atoms with Crippen molar-refractivity contribution in [3.05, 3.63) is 35.9 Å². The van der Waals surface area contributed by atoms with Gasteiger partial charge in [-0.3, -0.25) is 14.5 Å². The minimum absolute atomic E-state index is 0.0310. The Kier molecular flexibility index (Phi) is 3.57. The van der Waals surface area contributed by atoms with E-state index in [1.54, 1.807) is 6.92 Å². The number of hydrogen-bond acceptors (Lipinski definition) is 4. The molecule has 2 aliphatic heterocycles. The van der Waals surface area contributed by atoms with Crippen LogP contribution >= 0.6 is 0 Å². The molecule has 0 radical (unpaired) electrons. The molecule has 0 saturated carbocycles. The van der Waals surface area contributed by atoms with E-state index in [9.17, 15) is 9.59 Å². The van der Waals surface area contributed by atoms with Crippen molar-refractivity contribution >= 4 is 11.8 Å². The highest BCUT2D eigenvalue weighted by molar-refractivity contribution is 5.83. The number of ketones is 1. The monoisotopic (exact) mass is 273 g/mol. The summed E-state index contributed by atoms with van der Waals surface area (Å²) < 4.78 is 5.20. The van der Waals surface area contributed by atoms with Crippen LogP contribution in [-0.2, 0) is 20.9 Å². The summed E-state index contributed by atoms with van der Waals surface area (Å²) in [5.41, 5.74) is 1.16. The van der Waals surface area contributed by atoms with Crippen molar-refractivity contribution in [2.45, 2.75) is 25.9 Å². The Bertz CT molecular complexity index is 514. The van der Waals surface area contributed by atoms with Gasteiger partial charge in [0, 0.05) is 19.0 Å². The third kappa shape index (κ3) is 2.36. The van der Waals surface area contributed by atoms with Gasteiger partial charge in [-0.25, -0.2) is 0 Å². The van der Waals surface area contributed by atoms with E-state index in [1.807, 2.05) is 30.3 Å². The second-order valence-corrected chi connectivity index (χ2v) is 5.70. The number of Topliss-reactive ketones (excluding diaryl/α,β-unsaturated/α-hetero) is 1. The first kappa shape index (κ1) is 13.3. The summed E-state index contributed by atoms with van der Waals surface area (Å²) in [7, 11) is 0. The van der Waals surface area contributed by atoms with E-state index in [0.29, 0.717) is 19.7 Å². The molecule has 2 aliphatic rings. The van der Waals surface area contributed by atoms with Gasteiger partial charge in [0.1, 0.15) is 11.8 Å². The third-order valence-corrected chi connectivity index (χ3v) is 4.43. The molecular weight excluding hydrogens is 254 g/mol. The number of esters is 1. The standard InChI is InChI=1S/C16H19NO3/c1-11(18)14-10-17(9-12-5-3-2-4-6-12)15-13(14)7-8-20-16(15)19/h2-6,13-15H,7-10H2,1H3/t13-,14-,15+/m0/s1. The number of benzene rings is 1. The molecule has 3 rings (SSSR count). The highest BCUT2D eigenvalue weighted by atomic mass is 16.5. The minimum atomic E-state index is -0.252. The number of cyclic esters (lactones) is 1. The van der Waals surface area contributed by atoms with Crippen LogP contribution < -0.4 is 0 Å². The summed E-state index contributed by atoms with van der Waals surface area (Å²) in [6.07, 6.45) is 0.798. The fourth-order valence-electron chi connectivity index (χ4n) is 3.47. The van der Waals surface area contributed by atoms with E-state index in [4.69, 9.17) is 4.74 Å². The normalized spacial score (nSPS) is 29.9. The zero-order chi connectivity index (χ0) is 14.1. The van der Waals surface area contributed by atoms with Gasteiger partial charge in [-0.2, -0.15) is 0 Å². The molecule has 4 nitrogen and oxygen atoms in total. The molecule has 0 aromatic heterocycles. The molecule has 20 heavy (non-hydrogen) atoms. The molecule has 0 aliphatic carbocycles. The van der Waals surface area contributed by atoms with Gasteiger partial charge < -0.3 is 4.74 Å². The molecule has 3 atom stereocenters. The summed E-state index contributed by atoms with van der Waals surface area (Å²) >= 11 is 0. The fraction of sp³-hybridized carbons (Fsp3) is 0.500. The van der Waals surface area contributed by atoms with Gasteiger partial charge in [0.2, 0.25) is 0 Å². The maximum Gasteiger partial charge on any atom is 0.323 e. The average molecular weight is 273 g/mol. The summed E-state index contributed by atoms with van der Waals surface area (Å²) in [5, 5.41) is 0. The second kappa shape index (κ2) is 5.37. The Balaban J connectivity index is 1.83. The van der Waals surface area contributed by atoms with Crippen LogP contribution in [0.2, 0.25) is 0 Å². The largest absolute Gasteiger partial charge is 0.465 e. The van der Waals surface area contributed by atoms with Gasteiger partial charge in [0.15, 0.2) is 0 Å². The molecule has 106 valence electrons. The summed E-state index contributed by atoms with van der Waals surface area (Å²) in [5.74, 6) is 0.111. The number of ether oxygens (including phenoxy) is 1. The zero-order valence-corrected chi connectivity index (χ0v) is 11.6. The van der Waals surface area contributed by atoms with Crippen LogP contribution in [0.1, 0.15) is 18.9 Å². The molecule has 0 spiro atoms. The molecule has 4 heteroatoms. The smallest absolute Gasteiger partial charge is 0.323 e. The van der Waals surface area contributed by atoms with Crippen LogP contribution in [0.5, 0.6) is 0 Å². The highest BCUT2D eigenvalue weighted by Crippen LogP contribution is 2.37. The molecule has 0 unspecified atom stereocenters. The van der Waals surface area contributed by atoms with Gasteiger partial charge in [0.05, 0.1) is 6.61 Å². The second-order valence-electron chi connectivity index (χ2n) is 5.70. The molecule has 2 fully saturated rings. The topological polar surface area (TPSA) is 46.6 Å². The number of carbonyl (C=O) groups is 2. The van der Waals surface area contributed by atoms with Gasteiger partial charge in [-0.15, -0.1) is 0 Å². The number of hydrogen-bond donors (Lipinski definition) is 0. The van der Waals surface area contributed by atoms with Crippen LogP contribution in [-0.4, -0.2) is 35.8 Å². The number of carbonyl (C=O) groups excluding carboxylic acids is 2. The number of rotatable bonds is 3. The van der Waals surface area contributed by atoms with Gasteiger partial charge >= 0.3 is 5.97 Å². The Labute approximate surface area is 118 Å². The molecule has 1 aromatic carbocycles. The molecule has 0 bridgehead atoms. The van der Waals surface area contributed by atoms with Crippen LogP contribution in [0.25, 0.3) is 0 Å². The molecular formula is C16H19NO3. The lowest BCUT2D eigenvalue weighted by Crippen LogP contribution is -2.44. The van der Waals surface area contributed by atoms with E-state index in [-0.39, 0.29) is 29.6 Å². The van der Waals surface area contributed by atoms with Crippen LogP contribution in [0.3, 0.4) is 0 Å². The molecule has 1 aromatic rings. The quantitative estimate of drug-likeness (QED) is 0.785. The molecule has 0 N–H and O–H groups in total. The number of likely N-dealkylation sites (tertiary alicyclic amines) is 1. The minimum Gasteiger partial charge on any atom is -0.465 e. The maximum atomic E-state index is 12.1. The van der Waals surface area contributed by atoms with Gasteiger partial charge in [-0.1, -0.05) is 30.3 Å². The van der Waals surface area contributed by atoms with Gasteiger partial charge in [-0.05, 0) is 24.8 Å². The van der Waals surface area contributed by atoms with Crippen molar-refractivity contribution in [3.63, 3.8) is 0 Å². The van der Waals surface area contributed by atoms with Crippen molar-refractivity contribution in [2.24, 2.45) is 11.8 Å². The Morgan fingerprint density at radius 1 is 1.35 bits per heavy atom. The maximum absolute atomic E-state index is 12.1. The van der Waals surface area contributed by atoms with Crippen LogP contribution in [0.4, 0.5) is 0 Å². The lowest BCUT2D eigenvalue weighted by molar-refractivity contribution is -0.156. The highest BCUT2D eigenvalue weighted by Gasteiger charge is 2.49. The predicted molar refractivity (Wildman–Crippen MR) is 73.9 cm³/mol. The van der Waals surface area contributed by atoms with Crippen molar-refractivity contribution in [1.82, 2.24) is 4.90 Å². The molecule has 2 saturated heterocycles. The number of nitrogens with zero attached hydrogens (tertiary/aromatic N) is 1. The lowest BCUT2D eigenvalue weighted by atomic mass is 9.84. The molecule has 2 heterocycles. The number of fused-ring (bicyclic) bond motifs is 1. The van der Waals surface area contributed by atoms with E-state index in [1.165, 1.54) is 0 Å². The van der Waals surface area contributed by atoms with Crippen molar-refractivity contribution in [2.75, 3.05) is 13.2 Å². The Morgan fingerprint density at radius 3 is 2.80 bits per heavy atom. The first-order chi connectivity index (χ1) is 9.66. The van der Waals surface area contributed by atoms with E-state index >= 15 is 0 Å².